The topological polar surface area (TPSA) is 50.7 Å². The second-order valence-electron chi connectivity index (χ2n) is 4.29. The molecule has 0 bridgehead atoms. The minimum absolute atomic E-state index is 0.101. The van der Waals surface area contributed by atoms with E-state index in [2.05, 4.69) is 26.5 Å². The molecule has 22 heavy (non-hydrogen) atoms. The predicted octanol–water partition coefficient (Wildman–Crippen LogP) is 4.47. The van der Waals surface area contributed by atoms with Gasteiger partial charge in [-0.2, -0.15) is 5.10 Å². The molecule has 7 heteroatoms. The van der Waals surface area contributed by atoms with E-state index in [0.717, 1.165) is 20.8 Å². The number of amides is 1. The van der Waals surface area contributed by atoms with Crippen LogP contribution in [0.25, 0.3) is 0 Å². The summed E-state index contributed by atoms with van der Waals surface area (Å²) in [7, 11) is 0. The van der Waals surface area contributed by atoms with Gasteiger partial charge in [-0.25, -0.2) is 5.43 Å². The molecule has 0 spiro atoms. The van der Waals surface area contributed by atoms with Crippen molar-refractivity contribution in [1.82, 2.24) is 5.43 Å². The van der Waals surface area contributed by atoms with Gasteiger partial charge in [0.1, 0.15) is 5.75 Å². The fourth-order valence-electron chi connectivity index (χ4n) is 1.62. The van der Waals surface area contributed by atoms with Crippen LogP contribution >= 0.6 is 38.9 Å². The van der Waals surface area contributed by atoms with Gasteiger partial charge in [0, 0.05) is 5.02 Å². The molecule has 1 amide bonds. The summed E-state index contributed by atoms with van der Waals surface area (Å²) in [6, 6.07) is 10.7. The summed E-state index contributed by atoms with van der Waals surface area (Å²) >= 11 is 10.8. The molecule has 0 aliphatic rings. The minimum atomic E-state index is -0.309. The van der Waals surface area contributed by atoms with E-state index >= 15 is 0 Å². The van der Waals surface area contributed by atoms with Gasteiger partial charge in [-0.05, 0) is 58.7 Å². The zero-order valence-electron chi connectivity index (χ0n) is 11.8. The highest BCUT2D eigenvalue weighted by Crippen LogP contribution is 2.23. The van der Waals surface area contributed by atoms with Crippen LogP contribution in [0, 0.1) is 0 Å². The number of rotatable bonds is 6. The number of carbonyl (C=O) groups is 1. The van der Waals surface area contributed by atoms with Crippen LogP contribution in [0.1, 0.15) is 18.2 Å². The zero-order chi connectivity index (χ0) is 15.9. The van der Waals surface area contributed by atoms with Crippen LogP contribution in [0.2, 0.25) is 5.02 Å². The molecule has 0 unspecified atom stereocenters. The van der Waals surface area contributed by atoms with E-state index in [1.807, 2.05) is 19.1 Å². The summed E-state index contributed by atoms with van der Waals surface area (Å²) in [6.45, 7) is 1.89. The van der Waals surface area contributed by atoms with Gasteiger partial charge in [-0.1, -0.05) is 18.5 Å². The lowest BCUT2D eigenvalue weighted by Gasteiger charge is -2.06. The first-order chi connectivity index (χ1) is 10.6. The van der Waals surface area contributed by atoms with Crippen LogP contribution in [0.5, 0.6) is 5.75 Å². The van der Waals surface area contributed by atoms with Crippen molar-refractivity contribution in [3.63, 3.8) is 0 Å². The van der Waals surface area contributed by atoms with Gasteiger partial charge in [0.25, 0.3) is 5.91 Å². The molecule has 1 heterocycles. The molecular weight excluding hydrogens is 388 g/mol. The molecule has 0 aliphatic heterocycles. The number of hydrogen-bond acceptors (Lipinski definition) is 4. The number of carbonyl (C=O) groups excluding carboxylic acids is 1. The van der Waals surface area contributed by atoms with Gasteiger partial charge in [-0.15, -0.1) is 11.3 Å². The number of hydrazone groups is 1. The maximum Gasteiger partial charge on any atom is 0.277 e. The Labute approximate surface area is 146 Å². The van der Waals surface area contributed by atoms with E-state index in [1.54, 1.807) is 35.6 Å². The van der Waals surface area contributed by atoms with E-state index < -0.39 is 0 Å². The van der Waals surface area contributed by atoms with E-state index in [-0.39, 0.29) is 12.5 Å². The number of ether oxygens (including phenoxy) is 1. The standard InChI is InChI=1S/C15H14BrClN2O2S/c1-2-12(13-7-8-14(16)22-13)18-19-15(20)9-21-11-5-3-10(17)4-6-11/h3-8H,2,9H2,1H3,(H,19,20)/b18-12-. The summed E-state index contributed by atoms with van der Waals surface area (Å²) in [5.41, 5.74) is 3.34. The highest BCUT2D eigenvalue weighted by molar-refractivity contribution is 9.11. The average Bonchev–Trinajstić information content (AvgIpc) is 2.94. The van der Waals surface area contributed by atoms with E-state index in [4.69, 9.17) is 16.3 Å². The Balaban J connectivity index is 1.88. The molecular formula is C15H14BrClN2O2S. The first-order valence-corrected chi connectivity index (χ1v) is 8.56. The highest BCUT2D eigenvalue weighted by atomic mass is 79.9. The summed E-state index contributed by atoms with van der Waals surface area (Å²) < 4.78 is 6.38. The number of nitrogens with one attached hydrogen (secondary N) is 1. The SMILES string of the molecule is CC/C(=N/NC(=O)COc1ccc(Cl)cc1)c1ccc(Br)s1. The van der Waals surface area contributed by atoms with Crippen molar-refractivity contribution in [2.45, 2.75) is 13.3 Å². The van der Waals surface area contributed by atoms with Gasteiger partial charge < -0.3 is 4.74 Å². The maximum absolute atomic E-state index is 11.8. The lowest BCUT2D eigenvalue weighted by atomic mass is 10.2. The number of thiophene rings is 1. The number of benzene rings is 1. The first kappa shape index (κ1) is 17.0. The van der Waals surface area contributed by atoms with Crippen molar-refractivity contribution in [3.8, 4) is 5.75 Å². The lowest BCUT2D eigenvalue weighted by molar-refractivity contribution is -0.123. The van der Waals surface area contributed by atoms with Crippen molar-refractivity contribution in [2.75, 3.05) is 6.61 Å². The molecule has 0 saturated carbocycles. The molecule has 2 rings (SSSR count). The molecule has 1 aromatic carbocycles. The Morgan fingerprint density at radius 2 is 2.05 bits per heavy atom. The van der Waals surface area contributed by atoms with Crippen LogP contribution in [-0.2, 0) is 4.79 Å². The molecule has 0 radical (unpaired) electrons. The molecule has 0 fully saturated rings. The average molecular weight is 402 g/mol. The molecule has 1 aromatic heterocycles. The molecule has 2 aromatic rings. The van der Waals surface area contributed by atoms with Gasteiger partial charge in [0.15, 0.2) is 6.61 Å². The normalized spacial score (nSPS) is 11.3. The summed E-state index contributed by atoms with van der Waals surface area (Å²) in [6.07, 6.45) is 0.727. The molecule has 0 atom stereocenters. The van der Waals surface area contributed by atoms with E-state index in [1.165, 1.54) is 0 Å². The zero-order valence-corrected chi connectivity index (χ0v) is 15.0. The maximum atomic E-state index is 11.8. The van der Waals surface area contributed by atoms with Gasteiger partial charge in [-0.3, -0.25) is 4.79 Å². The van der Waals surface area contributed by atoms with Crippen LogP contribution < -0.4 is 10.2 Å². The molecule has 0 saturated heterocycles. The Hall–Kier alpha value is -1.37. The smallest absolute Gasteiger partial charge is 0.277 e. The third-order valence-corrected chi connectivity index (χ3v) is 4.62. The number of halogens is 2. The third-order valence-electron chi connectivity index (χ3n) is 2.69. The van der Waals surface area contributed by atoms with Crippen molar-refractivity contribution in [1.29, 1.82) is 0 Å². The summed E-state index contributed by atoms with van der Waals surface area (Å²) in [4.78, 5) is 12.8. The Morgan fingerprint density at radius 1 is 1.32 bits per heavy atom. The second kappa shape index (κ2) is 8.31. The molecule has 116 valence electrons. The van der Waals surface area contributed by atoms with E-state index in [9.17, 15) is 4.79 Å². The Morgan fingerprint density at radius 3 is 2.64 bits per heavy atom. The third kappa shape index (κ3) is 5.12. The van der Waals surface area contributed by atoms with Crippen molar-refractivity contribution in [2.24, 2.45) is 5.10 Å². The van der Waals surface area contributed by atoms with Gasteiger partial charge in [0.05, 0.1) is 14.4 Å². The fourth-order valence-corrected chi connectivity index (χ4v) is 3.19. The van der Waals surface area contributed by atoms with Crippen molar-refractivity contribution < 1.29 is 9.53 Å². The largest absolute Gasteiger partial charge is 0.484 e. The van der Waals surface area contributed by atoms with Crippen molar-refractivity contribution in [3.05, 3.63) is 50.1 Å². The summed E-state index contributed by atoms with van der Waals surface area (Å²) in [5, 5.41) is 4.78. The van der Waals surface area contributed by atoms with Crippen LogP contribution in [0.3, 0.4) is 0 Å². The van der Waals surface area contributed by atoms with Gasteiger partial charge >= 0.3 is 0 Å². The predicted molar refractivity (Wildman–Crippen MR) is 93.9 cm³/mol. The van der Waals surface area contributed by atoms with E-state index in [0.29, 0.717) is 10.8 Å². The van der Waals surface area contributed by atoms with Crippen molar-refractivity contribution >= 4 is 50.5 Å². The quantitative estimate of drug-likeness (QED) is 0.573. The minimum Gasteiger partial charge on any atom is -0.484 e. The lowest BCUT2D eigenvalue weighted by Crippen LogP contribution is -2.25. The number of hydrogen-bond donors (Lipinski definition) is 1. The second-order valence-corrected chi connectivity index (χ2v) is 7.19. The Bertz CT molecular complexity index is 670. The summed E-state index contributed by atoms with van der Waals surface area (Å²) in [5.74, 6) is 0.276. The highest BCUT2D eigenvalue weighted by Gasteiger charge is 2.07. The van der Waals surface area contributed by atoms with Crippen LogP contribution in [0.4, 0.5) is 0 Å². The Kier molecular flexibility index (Phi) is 6.42. The number of nitrogens with zero attached hydrogens (tertiary/aromatic N) is 1. The molecule has 0 aliphatic carbocycles. The first-order valence-electron chi connectivity index (χ1n) is 6.58. The van der Waals surface area contributed by atoms with Gasteiger partial charge in [0.2, 0.25) is 0 Å². The van der Waals surface area contributed by atoms with Crippen LogP contribution in [-0.4, -0.2) is 18.2 Å². The molecule has 4 nitrogen and oxygen atoms in total. The van der Waals surface area contributed by atoms with Crippen LogP contribution in [0.15, 0.2) is 45.3 Å². The fraction of sp³-hybridized carbons (Fsp3) is 0.200. The molecule has 1 N–H and O–H groups in total. The monoisotopic (exact) mass is 400 g/mol.